The second kappa shape index (κ2) is 10.9. The van der Waals surface area contributed by atoms with Crippen molar-refractivity contribution in [2.45, 2.75) is 12.5 Å². The van der Waals surface area contributed by atoms with E-state index >= 15 is 0 Å². The van der Waals surface area contributed by atoms with Crippen molar-refractivity contribution in [1.82, 2.24) is 0 Å². The smallest absolute Gasteiger partial charge is 0.370 e. The van der Waals surface area contributed by atoms with Crippen molar-refractivity contribution >= 4 is 18.9 Å². The minimum Gasteiger partial charge on any atom is -0.370 e. The van der Waals surface area contributed by atoms with E-state index in [2.05, 4.69) is 19.7 Å². The molecule has 0 N–H and O–H groups in total. The third-order valence-electron chi connectivity index (χ3n) is 2.19. The molecule has 0 aromatic heterocycles. The first kappa shape index (κ1) is 20.2. The highest BCUT2D eigenvalue weighted by Crippen LogP contribution is 2.19. The second-order valence-electron chi connectivity index (χ2n) is 4.11. The molecule has 0 rings (SSSR count). The third kappa shape index (κ3) is 10.6. The lowest BCUT2D eigenvalue weighted by Gasteiger charge is -2.28. The molecule has 0 spiro atoms. The third-order valence-corrected chi connectivity index (χ3v) is 5.57. The van der Waals surface area contributed by atoms with Crippen LogP contribution in [-0.2, 0) is 27.6 Å². The highest BCUT2D eigenvalue weighted by molar-refractivity contribution is 7.85. The van der Waals surface area contributed by atoms with E-state index < -0.39 is 18.9 Å². The Morgan fingerprint density at radius 1 is 0.952 bits per heavy atom. The molecule has 0 unspecified atom stereocenters. The van der Waals surface area contributed by atoms with E-state index in [4.69, 9.17) is 17.5 Å². The van der Waals surface area contributed by atoms with Crippen molar-refractivity contribution in [3.63, 3.8) is 0 Å². The zero-order chi connectivity index (χ0) is 16.2. The van der Waals surface area contributed by atoms with Gasteiger partial charge in [0.15, 0.2) is 0 Å². The van der Waals surface area contributed by atoms with Crippen LogP contribution in [0.1, 0.15) is 6.42 Å². The van der Waals surface area contributed by atoms with Crippen molar-refractivity contribution in [2.75, 3.05) is 32.7 Å². The Hall–Kier alpha value is -0.773. The highest BCUT2D eigenvalue weighted by atomic mass is 32.2. The first-order valence-corrected chi connectivity index (χ1v) is 10.2. The standard InChI is InChI=1S/C13H24O6SSi/c1-5-9-17-21(18-10-6-2,19-11-7-3)13-8-12-16-20(4,14)15/h5-7H,1-3,8-13H2,4H3. The maximum atomic E-state index is 10.9. The first-order valence-electron chi connectivity index (χ1n) is 6.48. The molecule has 0 aliphatic carbocycles. The Bertz CT molecular complexity index is 389. The summed E-state index contributed by atoms with van der Waals surface area (Å²) in [6.45, 7) is 11.7. The average Bonchev–Trinajstić information content (AvgIpc) is 2.43. The summed E-state index contributed by atoms with van der Waals surface area (Å²) in [6.07, 6.45) is 6.24. The maximum absolute atomic E-state index is 10.9. The molecule has 6 nitrogen and oxygen atoms in total. The Balaban J connectivity index is 4.65. The maximum Gasteiger partial charge on any atom is 0.501 e. The molecular weight excluding hydrogens is 312 g/mol. The fraction of sp³-hybridized carbons (Fsp3) is 0.538. The van der Waals surface area contributed by atoms with E-state index in [9.17, 15) is 8.42 Å². The van der Waals surface area contributed by atoms with Crippen LogP contribution in [0.2, 0.25) is 6.04 Å². The van der Waals surface area contributed by atoms with Crippen LogP contribution in [0.15, 0.2) is 38.0 Å². The first-order chi connectivity index (χ1) is 9.89. The van der Waals surface area contributed by atoms with Crippen LogP contribution in [0, 0.1) is 0 Å². The van der Waals surface area contributed by atoms with Gasteiger partial charge in [-0.25, -0.2) is 0 Å². The van der Waals surface area contributed by atoms with Gasteiger partial charge in [-0.2, -0.15) is 8.42 Å². The van der Waals surface area contributed by atoms with Crippen LogP contribution >= 0.6 is 0 Å². The molecule has 0 heterocycles. The van der Waals surface area contributed by atoms with Gasteiger partial charge in [0, 0.05) is 6.04 Å². The Morgan fingerprint density at radius 2 is 1.38 bits per heavy atom. The zero-order valence-electron chi connectivity index (χ0n) is 12.5. The molecule has 0 bridgehead atoms. The number of hydrogen-bond acceptors (Lipinski definition) is 6. The fourth-order valence-electron chi connectivity index (χ4n) is 1.40. The normalized spacial score (nSPS) is 12.0. The SMILES string of the molecule is C=CCO[Si](CCCOS(C)(=O)=O)(OCC=C)OCC=C. The van der Waals surface area contributed by atoms with Gasteiger partial charge in [0.05, 0.1) is 32.7 Å². The van der Waals surface area contributed by atoms with E-state index in [0.717, 1.165) is 6.26 Å². The summed E-state index contributed by atoms with van der Waals surface area (Å²) in [6, 6.07) is 0.429. The Labute approximate surface area is 128 Å². The van der Waals surface area contributed by atoms with Gasteiger partial charge in [0.2, 0.25) is 0 Å². The lowest BCUT2D eigenvalue weighted by Crippen LogP contribution is -2.46. The summed E-state index contributed by atoms with van der Waals surface area (Å²) in [4.78, 5) is 0. The molecule has 0 aromatic rings. The van der Waals surface area contributed by atoms with Crippen molar-refractivity contribution in [2.24, 2.45) is 0 Å². The van der Waals surface area contributed by atoms with Gasteiger partial charge < -0.3 is 13.3 Å². The Morgan fingerprint density at radius 3 is 1.71 bits per heavy atom. The van der Waals surface area contributed by atoms with Gasteiger partial charge in [-0.15, -0.1) is 19.7 Å². The van der Waals surface area contributed by atoms with Crippen LogP contribution in [0.3, 0.4) is 0 Å². The predicted octanol–water partition coefficient (Wildman–Crippen LogP) is 1.90. The number of hydrogen-bond donors (Lipinski definition) is 0. The summed E-state index contributed by atoms with van der Waals surface area (Å²) in [5.41, 5.74) is 0. The Kier molecular flexibility index (Phi) is 10.5. The largest absolute Gasteiger partial charge is 0.501 e. The van der Waals surface area contributed by atoms with E-state index in [1.807, 2.05) is 0 Å². The lowest BCUT2D eigenvalue weighted by atomic mass is 10.5. The molecule has 0 radical (unpaired) electrons. The van der Waals surface area contributed by atoms with Gasteiger partial charge in [0.25, 0.3) is 10.1 Å². The highest BCUT2D eigenvalue weighted by Gasteiger charge is 2.40. The predicted molar refractivity (Wildman–Crippen MR) is 84.4 cm³/mol. The zero-order valence-corrected chi connectivity index (χ0v) is 14.3. The van der Waals surface area contributed by atoms with Gasteiger partial charge in [0.1, 0.15) is 0 Å². The number of rotatable bonds is 14. The van der Waals surface area contributed by atoms with Crippen LogP contribution < -0.4 is 0 Å². The van der Waals surface area contributed by atoms with E-state index in [-0.39, 0.29) is 26.4 Å². The summed E-state index contributed by atoms with van der Waals surface area (Å²) in [5.74, 6) is 0. The van der Waals surface area contributed by atoms with Crippen molar-refractivity contribution in [3.8, 4) is 0 Å². The monoisotopic (exact) mass is 336 g/mol. The lowest BCUT2D eigenvalue weighted by molar-refractivity contribution is 0.0842. The molecule has 0 aliphatic heterocycles. The molecule has 0 atom stereocenters. The van der Waals surface area contributed by atoms with E-state index in [1.165, 1.54) is 0 Å². The van der Waals surface area contributed by atoms with Gasteiger partial charge >= 0.3 is 8.80 Å². The van der Waals surface area contributed by atoms with Crippen LogP contribution in [0.25, 0.3) is 0 Å². The van der Waals surface area contributed by atoms with Crippen LogP contribution in [0.5, 0.6) is 0 Å². The summed E-state index contributed by atoms with van der Waals surface area (Å²) >= 11 is 0. The van der Waals surface area contributed by atoms with Crippen molar-refractivity contribution in [3.05, 3.63) is 38.0 Å². The summed E-state index contributed by atoms with van der Waals surface area (Å²) in [5, 5.41) is 0. The molecule has 21 heavy (non-hydrogen) atoms. The molecule has 0 fully saturated rings. The molecule has 0 saturated heterocycles. The summed E-state index contributed by atoms with van der Waals surface area (Å²) in [7, 11) is -6.39. The average molecular weight is 336 g/mol. The molecule has 8 heteroatoms. The molecule has 122 valence electrons. The van der Waals surface area contributed by atoms with Crippen molar-refractivity contribution < 1.29 is 25.9 Å². The quantitative estimate of drug-likeness (QED) is 0.209. The van der Waals surface area contributed by atoms with Crippen LogP contribution in [-0.4, -0.2) is 49.9 Å². The van der Waals surface area contributed by atoms with Crippen molar-refractivity contribution in [1.29, 1.82) is 0 Å². The van der Waals surface area contributed by atoms with Gasteiger partial charge in [-0.3, -0.25) is 4.18 Å². The topological polar surface area (TPSA) is 71.1 Å². The molecular formula is C13H24O6SSi. The van der Waals surface area contributed by atoms with Gasteiger partial charge in [-0.1, -0.05) is 18.2 Å². The molecule has 0 amide bonds. The van der Waals surface area contributed by atoms with E-state index in [0.29, 0.717) is 12.5 Å². The fourth-order valence-corrected chi connectivity index (χ4v) is 4.19. The van der Waals surface area contributed by atoms with Crippen LogP contribution in [0.4, 0.5) is 0 Å². The minimum atomic E-state index is -3.45. The molecule has 0 aromatic carbocycles. The molecule has 0 aliphatic rings. The second-order valence-corrected chi connectivity index (χ2v) is 8.49. The van der Waals surface area contributed by atoms with Gasteiger partial charge in [-0.05, 0) is 6.42 Å². The molecule has 0 saturated carbocycles. The minimum absolute atomic E-state index is 0.0555. The summed E-state index contributed by atoms with van der Waals surface area (Å²) < 4.78 is 43.6. The van der Waals surface area contributed by atoms with E-state index in [1.54, 1.807) is 18.2 Å².